The highest BCUT2D eigenvalue weighted by molar-refractivity contribution is 7.85. The Morgan fingerprint density at radius 3 is 2.41 bits per heavy atom. The van der Waals surface area contributed by atoms with E-state index in [4.69, 9.17) is 5.11 Å². The van der Waals surface area contributed by atoms with Crippen molar-refractivity contribution in [1.82, 2.24) is 5.32 Å². The van der Waals surface area contributed by atoms with Crippen molar-refractivity contribution < 1.29 is 14.1 Å². The first kappa shape index (κ1) is 13.9. The van der Waals surface area contributed by atoms with Crippen molar-refractivity contribution in [2.24, 2.45) is 0 Å². The number of hydrogen-bond donors (Lipinski definition) is 2. The van der Waals surface area contributed by atoms with Crippen LogP contribution in [-0.4, -0.2) is 33.6 Å². The van der Waals surface area contributed by atoms with Crippen LogP contribution in [0.15, 0.2) is 29.2 Å². The molecule has 1 unspecified atom stereocenters. The monoisotopic (exact) mass is 255 g/mol. The lowest BCUT2D eigenvalue weighted by atomic mass is 10.2. The Hall–Kier alpha value is -1.20. The summed E-state index contributed by atoms with van der Waals surface area (Å²) in [6.07, 6.45) is 0. The van der Waals surface area contributed by atoms with Crippen LogP contribution >= 0.6 is 0 Å². The number of amides is 1. The van der Waals surface area contributed by atoms with Crippen LogP contribution in [0.3, 0.4) is 0 Å². The minimum absolute atomic E-state index is 0.0593. The molecule has 0 saturated heterocycles. The van der Waals surface area contributed by atoms with Crippen molar-refractivity contribution in [2.45, 2.75) is 24.0 Å². The lowest BCUT2D eigenvalue weighted by molar-refractivity contribution is 0.0944. The van der Waals surface area contributed by atoms with Gasteiger partial charge in [0.1, 0.15) is 0 Å². The molecule has 1 rings (SSSR count). The fourth-order valence-corrected chi connectivity index (χ4v) is 2.23. The van der Waals surface area contributed by atoms with E-state index in [1.165, 1.54) is 0 Å². The maximum atomic E-state index is 11.8. The summed E-state index contributed by atoms with van der Waals surface area (Å²) >= 11 is 0. The molecule has 0 aliphatic heterocycles. The Morgan fingerprint density at radius 2 is 1.94 bits per heavy atom. The first-order valence-corrected chi connectivity index (χ1v) is 6.67. The van der Waals surface area contributed by atoms with Crippen molar-refractivity contribution in [1.29, 1.82) is 0 Å². The number of carbonyl (C=O) groups excluding carboxylic acids is 1. The summed E-state index contributed by atoms with van der Waals surface area (Å²) < 4.78 is 11.8. The van der Waals surface area contributed by atoms with Crippen LogP contribution in [0.5, 0.6) is 0 Å². The van der Waals surface area contributed by atoms with Crippen molar-refractivity contribution in [2.75, 3.05) is 13.2 Å². The molecular weight excluding hydrogens is 238 g/mol. The fraction of sp³-hybridized carbons (Fsp3) is 0.417. The van der Waals surface area contributed by atoms with Crippen LogP contribution in [0.2, 0.25) is 0 Å². The zero-order valence-corrected chi connectivity index (χ0v) is 10.8. The normalized spacial score (nSPS) is 12.5. The molecule has 5 heteroatoms. The summed E-state index contributed by atoms with van der Waals surface area (Å²) in [6.45, 7) is 3.93. The van der Waals surface area contributed by atoms with E-state index in [0.29, 0.717) is 5.56 Å². The van der Waals surface area contributed by atoms with Crippen LogP contribution in [0.4, 0.5) is 0 Å². The topological polar surface area (TPSA) is 66.4 Å². The third-order valence-corrected chi connectivity index (χ3v) is 3.77. The second kappa shape index (κ2) is 6.51. The van der Waals surface area contributed by atoms with E-state index in [9.17, 15) is 9.00 Å². The highest BCUT2D eigenvalue weighted by Crippen LogP contribution is 2.12. The molecule has 0 aliphatic carbocycles. The van der Waals surface area contributed by atoms with Crippen LogP contribution in [0.1, 0.15) is 24.2 Å². The van der Waals surface area contributed by atoms with Gasteiger partial charge in [0.05, 0.1) is 17.4 Å². The van der Waals surface area contributed by atoms with Crippen molar-refractivity contribution in [3.05, 3.63) is 29.8 Å². The Balaban J connectivity index is 2.74. The summed E-state index contributed by atoms with van der Waals surface area (Å²) in [5, 5.41) is 11.2. The van der Waals surface area contributed by atoms with E-state index in [1.54, 1.807) is 24.3 Å². The highest BCUT2D eigenvalue weighted by Gasteiger charge is 2.09. The van der Waals surface area contributed by atoms with Crippen molar-refractivity contribution in [3.8, 4) is 0 Å². The standard InChI is InChI=1S/C12H17NO3S/c1-9(2)17(16)11-5-3-10(4-6-11)12(15)13-7-8-14/h3-6,9,14H,7-8H2,1-2H3,(H,13,15). The van der Waals surface area contributed by atoms with Gasteiger partial charge in [-0.1, -0.05) is 13.8 Å². The molecule has 0 aliphatic rings. The van der Waals surface area contributed by atoms with Gasteiger partial charge >= 0.3 is 0 Å². The van der Waals surface area contributed by atoms with E-state index >= 15 is 0 Å². The quantitative estimate of drug-likeness (QED) is 0.822. The summed E-state index contributed by atoms with van der Waals surface area (Å²) in [4.78, 5) is 12.2. The summed E-state index contributed by atoms with van der Waals surface area (Å²) in [6, 6.07) is 6.68. The highest BCUT2D eigenvalue weighted by atomic mass is 32.2. The maximum Gasteiger partial charge on any atom is 0.251 e. The van der Waals surface area contributed by atoms with E-state index in [0.717, 1.165) is 4.90 Å². The molecule has 1 aromatic carbocycles. The third kappa shape index (κ3) is 3.94. The SMILES string of the molecule is CC(C)S(=O)c1ccc(C(=O)NCCO)cc1. The second-order valence-corrected chi connectivity index (χ2v) is 5.86. The molecule has 0 aromatic heterocycles. The molecule has 0 radical (unpaired) electrons. The summed E-state index contributed by atoms with van der Waals surface area (Å²) in [5.41, 5.74) is 0.503. The molecule has 1 aromatic rings. The second-order valence-electron chi connectivity index (χ2n) is 3.85. The Labute approximate surface area is 104 Å². The lowest BCUT2D eigenvalue weighted by Gasteiger charge is -2.07. The molecule has 1 atom stereocenters. The van der Waals surface area contributed by atoms with Gasteiger partial charge in [-0.05, 0) is 24.3 Å². The average Bonchev–Trinajstić information content (AvgIpc) is 2.35. The molecule has 4 nitrogen and oxygen atoms in total. The van der Waals surface area contributed by atoms with E-state index in [-0.39, 0.29) is 24.3 Å². The number of aliphatic hydroxyl groups excluding tert-OH is 1. The lowest BCUT2D eigenvalue weighted by Crippen LogP contribution is -2.26. The van der Waals surface area contributed by atoms with Crippen LogP contribution in [-0.2, 0) is 10.8 Å². The molecule has 0 fully saturated rings. The predicted molar refractivity (Wildman–Crippen MR) is 67.4 cm³/mol. The van der Waals surface area contributed by atoms with Crippen LogP contribution < -0.4 is 5.32 Å². The Morgan fingerprint density at radius 1 is 1.35 bits per heavy atom. The summed E-state index contributed by atoms with van der Waals surface area (Å²) in [5.74, 6) is -0.235. The minimum Gasteiger partial charge on any atom is -0.395 e. The van der Waals surface area contributed by atoms with E-state index in [2.05, 4.69) is 5.32 Å². The zero-order chi connectivity index (χ0) is 12.8. The van der Waals surface area contributed by atoms with E-state index < -0.39 is 10.8 Å². The first-order valence-electron chi connectivity index (χ1n) is 5.46. The maximum absolute atomic E-state index is 11.8. The van der Waals surface area contributed by atoms with Gasteiger partial charge in [-0.25, -0.2) is 0 Å². The molecule has 17 heavy (non-hydrogen) atoms. The molecule has 1 amide bonds. The number of benzene rings is 1. The molecule has 2 N–H and O–H groups in total. The van der Waals surface area contributed by atoms with Crippen molar-refractivity contribution in [3.63, 3.8) is 0 Å². The molecule has 94 valence electrons. The van der Waals surface area contributed by atoms with Crippen LogP contribution in [0.25, 0.3) is 0 Å². The number of hydrogen-bond acceptors (Lipinski definition) is 3. The van der Waals surface area contributed by atoms with Gasteiger partial charge in [0.2, 0.25) is 0 Å². The van der Waals surface area contributed by atoms with Gasteiger partial charge in [-0.3, -0.25) is 9.00 Å². The fourth-order valence-electron chi connectivity index (χ4n) is 1.28. The zero-order valence-electron chi connectivity index (χ0n) is 9.97. The molecule has 0 saturated carbocycles. The smallest absolute Gasteiger partial charge is 0.251 e. The van der Waals surface area contributed by atoms with Gasteiger partial charge in [0, 0.05) is 22.3 Å². The number of aliphatic hydroxyl groups is 1. The average molecular weight is 255 g/mol. The van der Waals surface area contributed by atoms with Crippen LogP contribution in [0, 0.1) is 0 Å². The predicted octanol–water partition coefficient (Wildman–Crippen LogP) is 0.925. The molecule has 0 heterocycles. The van der Waals surface area contributed by atoms with Gasteiger partial charge in [-0.2, -0.15) is 0 Å². The van der Waals surface area contributed by atoms with E-state index in [1.807, 2.05) is 13.8 Å². The largest absolute Gasteiger partial charge is 0.395 e. The summed E-state index contributed by atoms with van der Waals surface area (Å²) in [7, 11) is -1.03. The van der Waals surface area contributed by atoms with Gasteiger partial charge in [0.25, 0.3) is 5.91 Å². The van der Waals surface area contributed by atoms with Gasteiger partial charge < -0.3 is 10.4 Å². The third-order valence-electron chi connectivity index (χ3n) is 2.17. The number of carbonyl (C=O) groups is 1. The van der Waals surface area contributed by atoms with Gasteiger partial charge in [0.15, 0.2) is 0 Å². The Bertz CT molecular complexity index is 401. The van der Waals surface area contributed by atoms with Gasteiger partial charge in [-0.15, -0.1) is 0 Å². The molecule has 0 bridgehead atoms. The molecule has 0 spiro atoms. The molecular formula is C12H17NO3S. The number of nitrogens with one attached hydrogen (secondary N) is 1. The minimum atomic E-state index is -1.03. The number of rotatable bonds is 5. The Kier molecular flexibility index (Phi) is 5.31. The first-order chi connectivity index (χ1) is 8.06. The van der Waals surface area contributed by atoms with Crippen molar-refractivity contribution >= 4 is 16.7 Å².